The summed E-state index contributed by atoms with van der Waals surface area (Å²) in [5.41, 5.74) is 5.48. The fraction of sp³-hybridized carbons (Fsp3) is 0.455. The standard InChI is InChI=1S/C11H16BrN3O/c1-8(6-13)2-5-11(16)15-10-4-3-9(12)7-14-10/h3-4,7-8H,2,5-6,13H2,1H3,(H,14,15,16). The van der Waals surface area contributed by atoms with Crippen LogP contribution >= 0.6 is 15.9 Å². The summed E-state index contributed by atoms with van der Waals surface area (Å²) in [5.74, 6) is 0.937. The Morgan fingerprint density at radius 3 is 2.94 bits per heavy atom. The van der Waals surface area contributed by atoms with Crippen molar-refractivity contribution in [2.24, 2.45) is 11.7 Å². The van der Waals surface area contributed by atoms with Gasteiger partial charge in [-0.25, -0.2) is 4.98 Å². The highest BCUT2D eigenvalue weighted by molar-refractivity contribution is 9.10. The molecular formula is C11H16BrN3O. The number of carbonyl (C=O) groups excluding carboxylic acids is 1. The molecule has 1 atom stereocenters. The smallest absolute Gasteiger partial charge is 0.225 e. The van der Waals surface area contributed by atoms with E-state index < -0.39 is 0 Å². The Bertz CT molecular complexity index is 340. The number of nitrogens with one attached hydrogen (secondary N) is 1. The number of halogens is 1. The van der Waals surface area contributed by atoms with E-state index in [0.717, 1.165) is 10.9 Å². The van der Waals surface area contributed by atoms with Gasteiger partial charge in [-0.3, -0.25) is 4.79 Å². The molecule has 0 fully saturated rings. The number of pyridine rings is 1. The molecule has 1 heterocycles. The summed E-state index contributed by atoms with van der Waals surface area (Å²) in [7, 11) is 0. The molecule has 0 radical (unpaired) electrons. The van der Waals surface area contributed by atoms with Crippen LogP contribution in [0.4, 0.5) is 5.82 Å². The van der Waals surface area contributed by atoms with E-state index in [1.165, 1.54) is 0 Å². The van der Waals surface area contributed by atoms with Crippen molar-refractivity contribution in [3.63, 3.8) is 0 Å². The van der Waals surface area contributed by atoms with E-state index in [4.69, 9.17) is 5.73 Å². The molecule has 1 aromatic rings. The van der Waals surface area contributed by atoms with Gasteiger partial charge in [0, 0.05) is 17.1 Å². The SMILES string of the molecule is CC(CN)CCC(=O)Nc1ccc(Br)cn1. The maximum absolute atomic E-state index is 11.5. The average molecular weight is 286 g/mol. The lowest BCUT2D eigenvalue weighted by Gasteiger charge is -2.08. The topological polar surface area (TPSA) is 68.0 Å². The number of rotatable bonds is 5. The van der Waals surface area contributed by atoms with Crippen molar-refractivity contribution in [1.29, 1.82) is 0 Å². The first-order chi connectivity index (χ1) is 7.61. The minimum Gasteiger partial charge on any atom is -0.330 e. The first-order valence-electron chi connectivity index (χ1n) is 5.23. The van der Waals surface area contributed by atoms with Crippen LogP contribution in [0.1, 0.15) is 19.8 Å². The predicted octanol–water partition coefficient (Wildman–Crippen LogP) is 2.16. The molecule has 1 aromatic heterocycles. The first-order valence-corrected chi connectivity index (χ1v) is 6.02. The number of hydrogen-bond acceptors (Lipinski definition) is 3. The van der Waals surface area contributed by atoms with Gasteiger partial charge in [-0.1, -0.05) is 6.92 Å². The summed E-state index contributed by atoms with van der Waals surface area (Å²) in [4.78, 5) is 15.6. The van der Waals surface area contributed by atoms with Crippen molar-refractivity contribution < 1.29 is 4.79 Å². The fourth-order valence-corrected chi connectivity index (χ4v) is 1.38. The highest BCUT2D eigenvalue weighted by Gasteiger charge is 2.06. The van der Waals surface area contributed by atoms with E-state index in [0.29, 0.717) is 24.7 Å². The zero-order valence-electron chi connectivity index (χ0n) is 9.24. The number of anilines is 1. The molecule has 0 aliphatic rings. The second-order valence-electron chi connectivity index (χ2n) is 3.79. The molecule has 16 heavy (non-hydrogen) atoms. The van der Waals surface area contributed by atoms with Crippen molar-refractivity contribution in [1.82, 2.24) is 4.98 Å². The van der Waals surface area contributed by atoms with Crippen molar-refractivity contribution >= 4 is 27.7 Å². The Morgan fingerprint density at radius 1 is 1.62 bits per heavy atom. The van der Waals surface area contributed by atoms with Crippen molar-refractivity contribution in [3.05, 3.63) is 22.8 Å². The van der Waals surface area contributed by atoms with Crippen LogP contribution in [0.3, 0.4) is 0 Å². The maximum atomic E-state index is 11.5. The van der Waals surface area contributed by atoms with E-state index in [1.54, 1.807) is 12.3 Å². The lowest BCUT2D eigenvalue weighted by atomic mass is 10.1. The second-order valence-corrected chi connectivity index (χ2v) is 4.71. The van der Waals surface area contributed by atoms with Crippen LogP contribution in [0, 0.1) is 5.92 Å². The van der Waals surface area contributed by atoms with Crippen molar-refractivity contribution in [2.45, 2.75) is 19.8 Å². The van der Waals surface area contributed by atoms with Crippen LogP contribution in [0.5, 0.6) is 0 Å². The predicted molar refractivity (Wildman–Crippen MR) is 68.0 cm³/mol. The average Bonchev–Trinajstić information content (AvgIpc) is 2.29. The van der Waals surface area contributed by atoms with Gasteiger partial charge in [0.1, 0.15) is 5.82 Å². The fourth-order valence-electron chi connectivity index (χ4n) is 1.15. The Kier molecular flexibility index (Phi) is 5.42. The molecule has 3 N–H and O–H groups in total. The number of carbonyl (C=O) groups is 1. The van der Waals surface area contributed by atoms with Crippen molar-refractivity contribution in [3.8, 4) is 0 Å². The first kappa shape index (κ1) is 13.1. The third-order valence-corrected chi connectivity index (χ3v) is 2.73. The summed E-state index contributed by atoms with van der Waals surface area (Å²) in [5, 5.41) is 2.74. The molecule has 0 saturated heterocycles. The second kappa shape index (κ2) is 6.60. The minimum atomic E-state index is -0.0184. The van der Waals surface area contributed by atoms with Gasteiger partial charge in [-0.15, -0.1) is 0 Å². The third kappa shape index (κ3) is 4.72. The molecule has 4 nitrogen and oxygen atoms in total. The van der Waals surface area contributed by atoms with E-state index >= 15 is 0 Å². The van der Waals surface area contributed by atoms with Crippen LogP contribution < -0.4 is 11.1 Å². The van der Waals surface area contributed by atoms with Crippen LogP contribution in [0.15, 0.2) is 22.8 Å². The maximum Gasteiger partial charge on any atom is 0.225 e. The quantitative estimate of drug-likeness (QED) is 0.871. The van der Waals surface area contributed by atoms with Gasteiger partial charge in [-0.2, -0.15) is 0 Å². The van der Waals surface area contributed by atoms with Crippen molar-refractivity contribution in [2.75, 3.05) is 11.9 Å². The van der Waals surface area contributed by atoms with E-state index in [1.807, 2.05) is 13.0 Å². The molecular weight excluding hydrogens is 270 g/mol. The summed E-state index contributed by atoms with van der Waals surface area (Å²) in [6, 6.07) is 3.60. The monoisotopic (exact) mass is 285 g/mol. The summed E-state index contributed by atoms with van der Waals surface area (Å²) >= 11 is 3.28. The molecule has 0 spiro atoms. The zero-order chi connectivity index (χ0) is 12.0. The van der Waals surface area contributed by atoms with Crippen LogP contribution in [-0.4, -0.2) is 17.4 Å². The molecule has 88 valence electrons. The lowest BCUT2D eigenvalue weighted by Crippen LogP contribution is -2.16. The molecule has 0 bridgehead atoms. The van der Waals surface area contributed by atoms with Gasteiger partial charge in [0.15, 0.2) is 0 Å². The molecule has 5 heteroatoms. The normalized spacial score (nSPS) is 12.2. The number of aromatic nitrogens is 1. The lowest BCUT2D eigenvalue weighted by molar-refractivity contribution is -0.116. The largest absolute Gasteiger partial charge is 0.330 e. The minimum absolute atomic E-state index is 0.0184. The third-order valence-electron chi connectivity index (χ3n) is 2.26. The van der Waals surface area contributed by atoms with Crippen LogP contribution in [0.25, 0.3) is 0 Å². The van der Waals surface area contributed by atoms with Gasteiger partial charge in [0.2, 0.25) is 5.91 Å². The Hall–Kier alpha value is -0.940. The number of hydrogen-bond donors (Lipinski definition) is 2. The molecule has 1 amide bonds. The number of nitrogens with two attached hydrogens (primary N) is 1. The van der Waals surface area contributed by atoms with E-state index in [9.17, 15) is 4.79 Å². The van der Waals surface area contributed by atoms with Crippen LogP contribution in [-0.2, 0) is 4.79 Å². The van der Waals surface area contributed by atoms with Gasteiger partial charge < -0.3 is 11.1 Å². The van der Waals surface area contributed by atoms with Gasteiger partial charge in [-0.05, 0) is 46.9 Å². The van der Waals surface area contributed by atoms with Crippen LogP contribution in [0.2, 0.25) is 0 Å². The Balaban J connectivity index is 2.37. The zero-order valence-corrected chi connectivity index (χ0v) is 10.8. The number of nitrogens with zero attached hydrogens (tertiary/aromatic N) is 1. The molecule has 1 rings (SSSR count). The summed E-state index contributed by atoms with van der Waals surface area (Å²) < 4.78 is 0.891. The summed E-state index contributed by atoms with van der Waals surface area (Å²) in [6.45, 7) is 2.65. The highest BCUT2D eigenvalue weighted by Crippen LogP contribution is 2.11. The molecule has 1 unspecified atom stereocenters. The summed E-state index contributed by atoms with van der Waals surface area (Å²) in [6.07, 6.45) is 2.94. The molecule has 0 aromatic carbocycles. The van der Waals surface area contributed by atoms with E-state index in [-0.39, 0.29) is 5.91 Å². The molecule has 0 saturated carbocycles. The van der Waals surface area contributed by atoms with Gasteiger partial charge >= 0.3 is 0 Å². The molecule has 0 aliphatic heterocycles. The highest BCUT2D eigenvalue weighted by atomic mass is 79.9. The Labute approximate surface area is 104 Å². The van der Waals surface area contributed by atoms with E-state index in [2.05, 4.69) is 26.2 Å². The molecule has 0 aliphatic carbocycles. The number of amides is 1. The van der Waals surface area contributed by atoms with Gasteiger partial charge in [0.25, 0.3) is 0 Å². The van der Waals surface area contributed by atoms with Gasteiger partial charge in [0.05, 0.1) is 0 Å². The Morgan fingerprint density at radius 2 is 2.38 bits per heavy atom.